The summed E-state index contributed by atoms with van der Waals surface area (Å²) in [7, 11) is 0. The van der Waals surface area contributed by atoms with Gasteiger partial charge >= 0.3 is 0 Å². The van der Waals surface area contributed by atoms with Crippen molar-refractivity contribution in [2.45, 2.75) is 0 Å². The Morgan fingerprint density at radius 1 is 1.36 bits per heavy atom. The van der Waals surface area contributed by atoms with E-state index in [2.05, 4.69) is 6.92 Å². The van der Waals surface area contributed by atoms with Gasteiger partial charge in [-0.15, -0.1) is 0 Å². The molecule has 0 amide bonds. The molecule has 3 N–H and O–H groups in total. The first kappa shape index (κ1) is 7.75. The molecule has 0 fully saturated rings. The molecule has 0 spiro atoms. The first-order valence-corrected chi connectivity index (χ1v) is 3.15. The maximum Gasteiger partial charge on any atom is 0.149 e. The third-order valence-corrected chi connectivity index (χ3v) is 1.35. The van der Waals surface area contributed by atoms with E-state index in [0.29, 0.717) is 5.56 Å². The van der Waals surface area contributed by atoms with E-state index < -0.39 is 0 Å². The van der Waals surface area contributed by atoms with E-state index in [9.17, 15) is 0 Å². The second-order valence-electron chi connectivity index (χ2n) is 2.18. The molecule has 3 heteroatoms. The lowest BCUT2D eigenvalue weighted by Crippen LogP contribution is -2.18. The lowest BCUT2D eigenvalue weighted by molar-refractivity contribution is 0.234. The topological polar surface area (TPSA) is 56.1 Å². The summed E-state index contributed by atoms with van der Waals surface area (Å²) in [5.74, 6) is -0.00926. The van der Waals surface area contributed by atoms with Gasteiger partial charge in [-0.1, -0.05) is 24.3 Å². The van der Waals surface area contributed by atoms with Gasteiger partial charge in [0.25, 0.3) is 0 Å². The Hall–Kier alpha value is -1.35. The molecular formula is C8H9N2O. The van der Waals surface area contributed by atoms with Gasteiger partial charge in [0.1, 0.15) is 5.84 Å². The van der Waals surface area contributed by atoms with Gasteiger partial charge in [0, 0.05) is 5.56 Å². The lowest BCUT2D eigenvalue weighted by Gasteiger charge is -2.00. The zero-order valence-electron chi connectivity index (χ0n) is 5.96. The molecule has 3 nitrogen and oxygen atoms in total. The average Bonchev–Trinajstić information content (AvgIpc) is 2.05. The molecule has 0 aliphatic carbocycles. The SMILES string of the molecule is [CH2]c1ccc(C(=N)NO)cc1. The van der Waals surface area contributed by atoms with Gasteiger partial charge in [-0.25, -0.2) is 0 Å². The number of hydrogen-bond donors (Lipinski definition) is 3. The van der Waals surface area contributed by atoms with E-state index in [4.69, 9.17) is 10.6 Å². The summed E-state index contributed by atoms with van der Waals surface area (Å²) < 4.78 is 0. The fourth-order valence-corrected chi connectivity index (χ4v) is 0.736. The van der Waals surface area contributed by atoms with E-state index in [1.807, 2.05) is 0 Å². The molecule has 0 aromatic heterocycles. The van der Waals surface area contributed by atoms with Gasteiger partial charge in [0.15, 0.2) is 0 Å². The molecule has 0 saturated heterocycles. The second-order valence-corrected chi connectivity index (χ2v) is 2.18. The number of rotatable bonds is 1. The normalized spacial score (nSPS) is 9.27. The minimum Gasteiger partial charge on any atom is -0.290 e. The van der Waals surface area contributed by atoms with Crippen LogP contribution in [-0.2, 0) is 0 Å². The predicted octanol–water partition coefficient (Wildman–Crippen LogP) is 1.17. The Balaban J connectivity index is 2.90. The molecule has 0 aliphatic heterocycles. The van der Waals surface area contributed by atoms with Gasteiger partial charge in [-0.3, -0.25) is 16.1 Å². The molecule has 0 aliphatic rings. The summed E-state index contributed by atoms with van der Waals surface area (Å²) in [4.78, 5) is 0. The van der Waals surface area contributed by atoms with Crippen molar-refractivity contribution in [3.63, 3.8) is 0 Å². The highest BCUT2D eigenvalue weighted by Crippen LogP contribution is 2.01. The molecule has 0 unspecified atom stereocenters. The van der Waals surface area contributed by atoms with Crippen LogP contribution in [0.3, 0.4) is 0 Å². The van der Waals surface area contributed by atoms with Gasteiger partial charge in [0.05, 0.1) is 0 Å². The highest BCUT2D eigenvalue weighted by molar-refractivity contribution is 5.95. The zero-order chi connectivity index (χ0) is 8.27. The second kappa shape index (κ2) is 3.16. The van der Waals surface area contributed by atoms with Crippen LogP contribution in [0.1, 0.15) is 11.1 Å². The third kappa shape index (κ3) is 1.78. The number of nitrogens with one attached hydrogen (secondary N) is 2. The summed E-state index contributed by atoms with van der Waals surface area (Å²) in [6.45, 7) is 3.69. The molecule has 1 aromatic rings. The van der Waals surface area contributed by atoms with E-state index in [1.54, 1.807) is 29.7 Å². The fourth-order valence-electron chi connectivity index (χ4n) is 0.736. The minimum absolute atomic E-state index is 0.00926. The van der Waals surface area contributed by atoms with E-state index in [-0.39, 0.29) is 5.84 Å². The minimum atomic E-state index is -0.00926. The fraction of sp³-hybridized carbons (Fsp3) is 0. The number of hydroxylamine groups is 1. The van der Waals surface area contributed by atoms with Crippen LogP contribution in [-0.4, -0.2) is 11.0 Å². The average molecular weight is 149 g/mol. The standard InChI is InChI=1S/C8H9N2O/c1-6-2-4-7(5-3-6)8(9)10-11/h2-5,11H,1H2,(H2,9,10). The Kier molecular flexibility index (Phi) is 2.23. The van der Waals surface area contributed by atoms with E-state index in [0.717, 1.165) is 5.56 Å². The summed E-state index contributed by atoms with van der Waals surface area (Å²) >= 11 is 0. The van der Waals surface area contributed by atoms with Crippen LogP contribution in [0.4, 0.5) is 0 Å². The maximum absolute atomic E-state index is 8.37. The largest absolute Gasteiger partial charge is 0.290 e. The molecule has 1 radical (unpaired) electrons. The van der Waals surface area contributed by atoms with Crippen LogP contribution < -0.4 is 5.48 Å². The number of hydrogen-bond acceptors (Lipinski definition) is 2. The molecule has 1 aromatic carbocycles. The zero-order valence-corrected chi connectivity index (χ0v) is 5.96. The van der Waals surface area contributed by atoms with E-state index >= 15 is 0 Å². The molecule has 11 heavy (non-hydrogen) atoms. The molecule has 57 valence electrons. The summed E-state index contributed by atoms with van der Waals surface area (Å²) in [6.07, 6.45) is 0. The first-order valence-electron chi connectivity index (χ1n) is 3.15. The highest BCUT2D eigenvalue weighted by Gasteiger charge is 1.96. The Morgan fingerprint density at radius 3 is 2.36 bits per heavy atom. The van der Waals surface area contributed by atoms with Crippen LogP contribution in [0.5, 0.6) is 0 Å². The molecule has 1 rings (SSSR count). The summed E-state index contributed by atoms with van der Waals surface area (Å²) in [5, 5.41) is 15.5. The van der Waals surface area contributed by atoms with Crippen molar-refractivity contribution < 1.29 is 5.21 Å². The van der Waals surface area contributed by atoms with Crippen LogP contribution in [0.25, 0.3) is 0 Å². The Labute approximate surface area is 65.1 Å². The van der Waals surface area contributed by atoms with Crippen molar-refractivity contribution in [2.75, 3.05) is 0 Å². The van der Waals surface area contributed by atoms with Gasteiger partial charge < -0.3 is 0 Å². The molecule has 0 bridgehead atoms. The predicted molar refractivity (Wildman–Crippen MR) is 42.7 cm³/mol. The van der Waals surface area contributed by atoms with Crippen LogP contribution in [0, 0.1) is 12.3 Å². The van der Waals surface area contributed by atoms with Crippen molar-refractivity contribution in [1.29, 1.82) is 5.41 Å². The van der Waals surface area contributed by atoms with Crippen molar-refractivity contribution in [3.8, 4) is 0 Å². The van der Waals surface area contributed by atoms with Crippen molar-refractivity contribution in [1.82, 2.24) is 5.48 Å². The lowest BCUT2D eigenvalue weighted by atomic mass is 10.1. The van der Waals surface area contributed by atoms with Crippen molar-refractivity contribution in [3.05, 3.63) is 42.3 Å². The Morgan fingerprint density at radius 2 is 1.91 bits per heavy atom. The van der Waals surface area contributed by atoms with Crippen molar-refractivity contribution in [2.24, 2.45) is 0 Å². The van der Waals surface area contributed by atoms with Gasteiger partial charge in [0.2, 0.25) is 0 Å². The maximum atomic E-state index is 8.37. The number of amidine groups is 1. The summed E-state index contributed by atoms with van der Waals surface area (Å²) in [6, 6.07) is 6.99. The monoisotopic (exact) mass is 149 g/mol. The van der Waals surface area contributed by atoms with Gasteiger partial charge in [-0.2, -0.15) is 0 Å². The summed E-state index contributed by atoms with van der Waals surface area (Å²) in [5.41, 5.74) is 3.29. The van der Waals surface area contributed by atoms with E-state index in [1.165, 1.54) is 0 Å². The molecule has 0 saturated carbocycles. The molecule has 0 atom stereocenters. The Bertz CT molecular complexity index is 253. The van der Waals surface area contributed by atoms with Crippen LogP contribution in [0.15, 0.2) is 24.3 Å². The van der Waals surface area contributed by atoms with Crippen molar-refractivity contribution >= 4 is 5.84 Å². The highest BCUT2D eigenvalue weighted by atomic mass is 16.5. The van der Waals surface area contributed by atoms with Crippen LogP contribution >= 0.6 is 0 Å². The molecule has 0 heterocycles. The van der Waals surface area contributed by atoms with Gasteiger partial charge in [-0.05, 0) is 12.5 Å². The molecular weight excluding hydrogens is 140 g/mol. The van der Waals surface area contributed by atoms with Crippen LogP contribution in [0.2, 0.25) is 0 Å². The quantitative estimate of drug-likeness (QED) is 0.319. The first-order chi connectivity index (χ1) is 5.24. The number of benzene rings is 1. The third-order valence-electron chi connectivity index (χ3n) is 1.35. The smallest absolute Gasteiger partial charge is 0.149 e.